The molecule has 0 aliphatic heterocycles. The van der Waals surface area contributed by atoms with Crippen molar-refractivity contribution in [2.24, 2.45) is 0 Å². The van der Waals surface area contributed by atoms with E-state index in [9.17, 15) is 0 Å². The van der Waals surface area contributed by atoms with Gasteiger partial charge in [0.05, 0.1) is 14.7 Å². The van der Waals surface area contributed by atoms with Gasteiger partial charge in [-0.2, -0.15) is 4.98 Å². The van der Waals surface area contributed by atoms with Gasteiger partial charge in [0, 0.05) is 0 Å². The standard InChI is InChI=1S/C7H4Br2N2OS/c8-3-5-10-7(12-11-5)4-1-2-13-6(4)9/h1-2H,3H2. The van der Waals surface area contributed by atoms with Gasteiger partial charge in [0.1, 0.15) is 0 Å². The minimum Gasteiger partial charge on any atom is -0.334 e. The Morgan fingerprint density at radius 2 is 2.38 bits per heavy atom. The van der Waals surface area contributed by atoms with Crippen molar-refractivity contribution in [1.29, 1.82) is 0 Å². The average molecular weight is 324 g/mol. The molecule has 2 aromatic heterocycles. The predicted octanol–water partition coefficient (Wildman–Crippen LogP) is 3.46. The van der Waals surface area contributed by atoms with Crippen molar-refractivity contribution >= 4 is 43.2 Å². The van der Waals surface area contributed by atoms with Crippen LogP contribution in [-0.2, 0) is 5.33 Å². The average Bonchev–Trinajstić information content (AvgIpc) is 2.71. The summed E-state index contributed by atoms with van der Waals surface area (Å²) in [4.78, 5) is 4.18. The van der Waals surface area contributed by atoms with Gasteiger partial charge in [0.15, 0.2) is 5.82 Å². The second-order valence-electron chi connectivity index (χ2n) is 2.26. The van der Waals surface area contributed by atoms with Gasteiger partial charge in [-0.1, -0.05) is 21.1 Å². The highest BCUT2D eigenvalue weighted by Crippen LogP contribution is 2.31. The number of alkyl halides is 1. The molecule has 68 valence electrons. The molecule has 0 amide bonds. The zero-order valence-corrected chi connectivity index (χ0v) is 10.3. The van der Waals surface area contributed by atoms with E-state index in [2.05, 4.69) is 42.0 Å². The van der Waals surface area contributed by atoms with E-state index in [1.807, 2.05) is 11.4 Å². The normalized spacial score (nSPS) is 10.6. The summed E-state index contributed by atoms with van der Waals surface area (Å²) < 4.78 is 6.08. The summed E-state index contributed by atoms with van der Waals surface area (Å²) >= 11 is 8.26. The van der Waals surface area contributed by atoms with Gasteiger partial charge in [-0.05, 0) is 27.4 Å². The fourth-order valence-electron chi connectivity index (χ4n) is 0.864. The number of hydrogen-bond donors (Lipinski definition) is 0. The van der Waals surface area contributed by atoms with Gasteiger partial charge in [0.2, 0.25) is 0 Å². The van der Waals surface area contributed by atoms with E-state index in [1.54, 1.807) is 11.3 Å². The molecule has 0 N–H and O–H groups in total. The molecule has 6 heteroatoms. The first-order valence-electron chi connectivity index (χ1n) is 3.43. The first kappa shape index (κ1) is 9.36. The Balaban J connectivity index is 2.41. The van der Waals surface area contributed by atoms with E-state index in [0.717, 1.165) is 9.35 Å². The zero-order valence-electron chi connectivity index (χ0n) is 6.33. The molecular formula is C7H4Br2N2OS. The molecule has 0 aromatic carbocycles. The highest BCUT2D eigenvalue weighted by molar-refractivity contribution is 9.11. The third kappa shape index (κ3) is 1.84. The summed E-state index contributed by atoms with van der Waals surface area (Å²) in [6, 6.07) is 1.94. The van der Waals surface area contributed by atoms with Gasteiger partial charge >= 0.3 is 0 Å². The van der Waals surface area contributed by atoms with Crippen molar-refractivity contribution < 1.29 is 4.52 Å². The molecule has 13 heavy (non-hydrogen) atoms. The maximum Gasteiger partial charge on any atom is 0.259 e. The third-order valence-corrected chi connectivity index (χ3v) is 3.62. The number of rotatable bonds is 2. The maximum atomic E-state index is 5.07. The summed E-state index contributed by atoms with van der Waals surface area (Å²) in [7, 11) is 0. The van der Waals surface area contributed by atoms with Crippen molar-refractivity contribution in [3.05, 3.63) is 21.1 Å². The minimum atomic E-state index is 0.558. The zero-order chi connectivity index (χ0) is 9.26. The van der Waals surface area contributed by atoms with Crippen molar-refractivity contribution in [3.8, 4) is 11.5 Å². The van der Waals surface area contributed by atoms with E-state index in [-0.39, 0.29) is 0 Å². The molecule has 0 atom stereocenters. The Labute approximate surface area is 95.4 Å². The van der Waals surface area contributed by atoms with Gasteiger partial charge < -0.3 is 4.52 Å². The molecular weight excluding hydrogens is 320 g/mol. The third-order valence-electron chi connectivity index (χ3n) is 1.44. The second kappa shape index (κ2) is 3.89. The van der Waals surface area contributed by atoms with Crippen molar-refractivity contribution in [2.75, 3.05) is 0 Å². The lowest BCUT2D eigenvalue weighted by atomic mass is 10.3. The van der Waals surface area contributed by atoms with Crippen LogP contribution >= 0.6 is 43.2 Å². The van der Waals surface area contributed by atoms with Crippen LogP contribution in [0.3, 0.4) is 0 Å². The lowest BCUT2D eigenvalue weighted by molar-refractivity contribution is 0.425. The summed E-state index contributed by atoms with van der Waals surface area (Å²) in [5.41, 5.74) is 0.949. The summed E-state index contributed by atoms with van der Waals surface area (Å²) in [5, 5.41) is 6.36. The number of thiophene rings is 1. The lowest BCUT2D eigenvalue weighted by Crippen LogP contribution is -1.79. The van der Waals surface area contributed by atoms with E-state index in [4.69, 9.17) is 4.52 Å². The van der Waals surface area contributed by atoms with Crippen LogP contribution in [0.1, 0.15) is 5.82 Å². The van der Waals surface area contributed by atoms with Gasteiger partial charge in [0.25, 0.3) is 5.89 Å². The van der Waals surface area contributed by atoms with Crippen LogP contribution in [0, 0.1) is 0 Å². The van der Waals surface area contributed by atoms with Crippen molar-refractivity contribution in [3.63, 3.8) is 0 Å². The first-order chi connectivity index (χ1) is 6.31. The van der Waals surface area contributed by atoms with Crippen LogP contribution in [0.2, 0.25) is 0 Å². The second-order valence-corrected chi connectivity index (χ2v) is 5.05. The Morgan fingerprint density at radius 1 is 1.54 bits per heavy atom. The fourth-order valence-corrected chi connectivity index (χ4v) is 2.32. The Morgan fingerprint density at radius 3 is 2.92 bits per heavy atom. The number of hydrogen-bond acceptors (Lipinski definition) is 4. The van der Waals surface area contributed by atoms with Gasteiger partial charge in [-0.3, -0.25) is 0 Å². The Bertz CT molecular complexity index is 412. The molecule has 0 bridgehead atoms. The molecule has 0 unspecified atom stereocenters. The smallest absolute Gasteiger partial charge is 0.259 e. The SMILES string of the molecule is BrCc1noc(-c2ccsc2Br)n1. The first-order valence-corrected chi connectivity index (χ1v) is 6.22. The highest BCUT2D eigenvalue weighted by atomic mass is 79.9. The summed E-state index contributed by atoms with van der Waals surface area (Å²) in [6.07, 6.45) is 0. The summed E-state index contributed by atoms with van der Waals surface area (Å²) in [5.74, 6) is 1.22. The highest BCUT2D eigenvalue weighted by Gasteiger charge is 2.11. The van der Waals surface area contributed by atoms with Crippen LogP contribution in [0.4, 0.5) is 0 Å². The lowest BCUT2D eigenvalue weighted by Gasteiger charge is -1.86. The number of nitrogens with zero attached hydrogens (tertiary/aromatic N) is 2. The van der Waals surface area contributed by atoms with Crippen molar-refractivity contribution in [2.45, 2.75) is 5.33 Å². The van der Waals surface area contributed by atoms with Crippen LogP contribution < -0.4 is 0 Å². The van der Waals surface area contributed by atoms with Crippen LogP contribution in [0.5, 0.6) is 0 Å². The fraction of sp³-hybridized carbons (Fsp3) is 0.143. The number of halogens is 2. The number of aromatic nitrogens is 2. The van der Waals surface area contributed by atoms with E-state index in [1.165, 1.54) is 0 Å². The maximum absolute atomic E-state index is 5.07. The molecule has 2 heterocycles. The molecule has 2 rings (SSSR count). The quantitative estimate of drug-likeness (QED) is 0.794. The largest absolute Gasteiger partial charge is 0.334 e. The molecule has 0 aliphatic rings. The minimum absolute atomic E-state index is 0.558. The Hall–Kier alpha value is -0.200. The van der Waals surface area contributed by atoms with E-state index < -0.39 is 0 Å². The monoisotopic (exact) mass is 322 g/mol. The van der Waals surface area contributed by atoms with Crippen LogP contribution in [-0.4, -0.2) is 10.1 Å². The molecule has 0 fully saturated rings. The molecule has 3 nitrogen and oxygen atoms in total. The van der Waals surface area contributed by atoms with E-state index >= 15 is 0 Å². The molecule has 2 aromatic rings. The van der Waals surface area contributed by atoms with E-state index in [0.29, 0.717) is 17.0 Å². The topological polar surface area (TPSA) is 38.9 Å². The summed E-state index contributed by atoms with van der Waals surface area (Å²) in [6.45, 7) is 0. The molecule has 0 saturated heterocycles. The van der Waals surface area contributed by atoms with Crippen LogP contribution in [0.25, 0.3) is 11.5 Å². The van der Waals surface area contributed by atoms with Crippen LogP contribution in [0.15, 0.2) is 19.8 Å². The van der Waals surface area contributed by atoms with Gasteiger partial charge in [-0.15, -0.1) is 11.3 Å². The molecule has 0 spiro atoms. The Kier molecular flexibility index (Phi) is 2.80. The predicted molar refractivity (Wildman–Crippen MR) is 57.9 cm³/mol. The molecule has 0 aliphatic carbocycles. The molecule has 0 radical (unpaired) electrons. The van der Waals surface area contributed by atoms with Crippen molar-refractivity contribution in [1.82, 2.24) is 10.1 Å². The van der Waals surface area contributed by atoms with Gasteiger partial charge in [-0.25, -0.2) is 0 Å². The molecule has 0 saturated carbocycles.